The number of benzene rings is 2. The molecule has 0 aromatic heterocycles. The van der Waals surface area contributed by atoms with Crippen molar-refractivity contribution in [3.05, 3.63) is 59.7 Å². The molecule has 2 aromatic carbocycles. The Balaban J connectivity index is 1.53. The number of carboxylic acids is 1. The number of nitrogens with zero attached hydrogens (tertiary/aromatic N) is 2. The SMILES string of the molecule is CCNC(CC(=O)NC(C(=O)N[C@@H]1C(=O)N2[C@@H]1SC(C)(C)[C@@H]2C(=O)O)c1ccc(O)cc1)=Nc1cccc(C(F)(F)F)c1. The van der Waals surface area contributed by atoms with E-state index in [0.29, 0.717) is 6.54 Å². The summed E-state index contributed by atoms with van der Waals surface area (Å²) in [7, 11) is 0. The van der Waals surface area contributed by atoms with Crippen LogP contribution in [0.1, 0.15) is 44.4 Å². The molecule has 230 valence electrons. The number of amides is 3. The lowest BCUT2D eigenvalue weighted by Gasteiger charge is -2.44. The van der Waals surface area contributed by atoms with Crippen LogP contribution >= 0.6 is 11.8 Å². The average molecular weight is 622 g/mol. The lowest BCUT2D eigenvalue weighted by atomic mass is 9.95. The van der Waals surface area contributed by atoms with Gasteiger partial charge in [-0.15, -0.1) is 11.8 Å². The van der Waals surface area contributed by atoms with Gasteiger partial charge >= 0.3 is 12.1 Å². The summed E-state index contributed by atoms with van der Waals surface area (Å²) in [6.45, 7) is 5.41. The molecule has 2 aromatic rings. The molecule has 2 heterocycles. The molecule has 0 radical (unpaired) electrons. The molecule has 4 atom stereocenters. The Morgan fingerprint density at radius 1 is 1.14 bits per heavy atom. The molecular formula is C28H30F3N5O6S. The first-order chi connectivity index (χ1) is 20.1. The van der Waals surface area contributed by atoms with Gasteiger partial charge in [-0.2, -0.15) is 13.2 Å². The number of carboxylic acid groups (broad SMARTS) is 1. The van der Waals surface area contributed by atoms with E-state index in [4.69, 9.17) is 0 Å². The van der Waals surface area contributed by atoms with Gasteiger partial charge in [-0.25, -0.2) is 9.79 Å². The summed E-state index contributed by atoms with van der Waals surface area (Å²) in [6, 6.07) is 6.30. The molecule has 15 heteroatoms. The highest BCUT2D eigenvalue weighted by Gasteiger charge is 2.64. The standard InChI is InChI=1S/C28H30F3N5O6S/c1-4-32-18(33-16-7-5-6-15(12-16)28(29,30)31)13-19(38)34-20(14-8-10-17(37)11-9-14)23(39)35-21-24(40)36-22(26(41)42)27(2,3)43-25(21)36/h5-12,20-22,25,37H,4,13H2,1-3H3,(H,32,33)(H,34,38)(H,35,39)(H,41,42)/t20?,21-,22+,25-/m1/s1. The molecule has 2 saturated heterocycles. The number of β-lactam (4-membered cyclic amide) rings is 1. The topological polar surface area (TPSA) is 160 Å². The molecule has 0 bridgehead atoms. The number of halogens is 3. The van der Waals surface area contributed by atoms with Gasteiger partial charge in [0, 0.05) is 11.3 Å². The highest BCUT2D eigenvalue weighted by Crippen LogP contribution is 2.50. The molecule has 2 aliphatic heterocycles. The Bertz CT molecular complexity index is 1450. The number of phenolic OH excluding ortho intramolecular Hbond substituents is 1. The molecule has 2 aliphatic rings. The smallest absolute Gasteiger partial charge is 0.416 e. The zero-order valence-electron chi connectivity index (χ0n) is 23.3. The van der Waals surface area contributed by atoms with Gasteiger partial charge in [-0.3, -0.25) is 14.4 Å². The van der Waals surface area contributed by atoms with Crippen molar-refractivity contribution in [3.8, 4) is 5.75 Å². The van der Waals surface area contributed by atoms with Crippen molar-refractivity contribution < 1.29 is 42.6 Å². The summed E-state index contributed by atoms with van der Waals surface area (Å²) >= 11 is 1.24. The minimum Gasteiger partial charge on any atom is -0.508 e. The van der Waals surface area contributed by atoms with E-state index in [0.717, 1.165) is 12.1 Å². The van der Waals surface area contributed by atoms with Gasteiger partial charge in [0.15, 0.2) is 0 Å². The first-order valence-electron chi connectivity index (χ1n) is 13.2. The van der Waals surface area contributed by atoms with Crippen LogP contribution < -0.4 is 16.0 Å². The molecule has 4 rings (SSSR count). The molecule has 43 heavy (non-hydrogen) atoms. The highest BCUT2D eigenvalue weighted by molar-refractivity contribution is 8.01. The molecule has 11 nitrogen and oxygen atoms in total. The lowest BCUT2D eigenvalue weighted by Crippen LogP contribution is -2.71. The predicted octanol–water partition coefficient (Wildman–Crippen LogP) is 2.93. The van der Waals surface area contributed by atoms with Crippen LogP contribution in [-0.2, 0) is 25.4 Å². The molecule has 1 unspecified atom stereocenters. The Hall–Kier alpha value is -4.27. The molecule has 2 fully saturated rings. The number of alkyl halides is 3. The second-order valence-corrected chi connectivity index (χ2v) is 12.3. The summed E-state index contributed by atoms with van der Waals surface area (Å²) in [5.74, 6) is -3.22. The summed E-state index contributed by atoms with van der Waals surface area (Å²) in [5.41, 5.74) is -0.660. The van der Waals surface area contributed by atoms with Crippen LogP contribution in [0.2, 0.25) is 0 Å². The van der Waals surface area contributed by atoms with E-state index in [-0.39, 0.29) is 22.8 Å². The Labute approximate surface area is 248 Å². The molecule has 5 N–H and O–H groups in total. The van der Waals surface area contributed by atoms with Crippen LogP contribution in [0.4, 0.5) is 18.9 Å². The number of rotatable bonds is 9. The minimum absolute atomic E-state index is 0.0314. The fraction of sp³-hybridized carbons (Fsp3) is 0.393. The number of nitrogens with one attached hydrogen (secondary N) is 3. The van der Waals surface area contributed by atoms with Crippen molar-refractivity contribution in [3.63, 3.8) is 0 Å². The summed E-state index contributed by atoms with van der Waals surface area (Å²) in [5, 5.41) is 26.8. The van der Waals surface area contributed by atoms with E-state index >= 15 is 0 Å². The Morgan fingerprint density at radius 3 is 2.42 bits per heavy atom. The van der Waals surface area contributed by atoms with Crippen LogP contribution in [0.15, 0.2) is 53.5 Å². The van der Waals surface area contributed by atoms with E-state index in [9.17, 15) is 42.6 Å². The number of amidine groups is 1. The number of thioether (sulfide) groups is 1. The van der Waals surface area contributed by atoms with Crippen molar-refractivity contribution in [1.82, 2.24) is 20.9 Å². The van der Waals surface area contributed by atoms with Gasteiger partial charge in [0.05, 0.1) is 17.7 Å². The Kier molecular flexibility index (Phi) is 8.94. The zero-order valence-corrected chi connectivity index (χ0v) is 24.1. The third-order valence-electron chi connectivity index (χ3n) is 6.91. The molecule has 0 saturated carbocycles. The molecular weight excluding hydrogens is 591 g/mol. The van der Waals surface area contributed by atoms with Crippen LogP contribution in [0, 0.1) is 0 Å². The van der Waals surface area contributed by atoms with Gasteiger partial charge in [-0.1, -0.05) is 18.2 Å². The number of carbonyl (C=O) groups excluding carboxylic acids is 3. The van der Waals surface area contributed by atoms with Crippen molar-refractivity contribution >= 4 is 47.0 Å². The van der Waals surface area contributed by atoms with E-state index in [1.54, 1.807) is 20.8 Å². The normalized spacial score (nSPS) is 21.8. The maximum Gasteiger partial charge on any atom is 0.416 e. The number of aliphatic carboxylic acids is 1. The van der Waals surface area contributed by atoms with Gasteiger partial charge in [-0.05, 0) is 56.7 Å². The van der Waals surface area contributed by atoms with Crippen molar-refractivity contribution in [2.24, 2.45) is 4.99 Å². The fourth-order valence-electron chi connectivity index (χ4n) is 4.97. The first kappa shape index (κ1) is 31.7. The second kappa shape index (κ2) is 12.1. The highest BCUT2D eigenvalue weighted by atomic mass is 32.2. The largest absolute Gasteiger partial charge is 0.508 e. The number of hydrogen-bond acceptors (Lipinski definition) is 7. The average Bonchev–Trinajstić information content (AvgIpc) is 3.18. The van der Waals surface area contributed by atoms with E-state index in [2.05, 4.69) is 20.9 Å². The first-order valence-corrected chi connectivity index (χ1v) is 14.1. The zero-order chi connectivity index (χ0) is 31.7. The number of fused-ring (bicyclic) bond motifs is 1. The number of hydrogen-bond donors (Lipinski definition) is 5. The minimum atomic E-state index is -4.58. The molecule has 0 spiro atoms. The monoisotopic (exact) mass is 621 g/mol. The predicted molar refractivity (Wildman–Crippen MR) is 151 cm³/mol. The van der Waals surface area contributed by atoms with E-state index in [1.165, 1.54) is 53.1 Å². The van der Waals surface area contributed by atoms with Crippen molar-refractivity contribution in [2.45, 2.75) is 61.6 Å². The van der Waals surface area contributed by atoms with Crippen LogP contribution in [0.25, 0.3) is 0 Å². The van der Waals surface area contributed by atoms with Crippen LogP contribution in [0.5, 0.6) is 5.75 Å². The van der Waals surface area contributed by atoms with E-state index in [1.807, 2.05) is 0 Å². The van der Waals surface area contributed by atoms with Gasteiger partial charge in [0.1, 0.15) is 35.1 Å². The maximum absolute atomic E-state index is 13.5. The van der Waals surface area contributed by atoms with Gasteiger partial charge in [0.2, 0.25) is 17.7 Å². The van der Waals surface area contributed by atoms with Crippen LogP contribution in [0.3, 0.4) is 0 Å². The number of carbonyl (C=O) groups is 4. The number of aromatic hydroxyl groups is 1. The van der Waals surface area contributed by atoms with Crippen molar-refractivity contribution in [2.75, 3.05) is 6.54 Å². The third-order valence-corrected chi connectivity index (χ3v) is 8.48. The summed E-state index contributed by atoms with van der Waals surface area (Å²) < 4.78 is 38.6. The quantitative estimate of drug-likeness (QED) is 0.162. The van der Waals surface area contributed by atoms with Gasteiger partial charge in [0.25, 0.3) is 0 Å². The maximum atomic E-state index is 13.5. The summed E-state index contributed by atoms with van der Waals surface area (Å²) in [4.78, 5) is 56.7. The van der Waals surface area contributed by atoms with Crippen LogP contribution in [-0.4, -0.2) is 73.4 Å². The lowest BCUT2D eigenvalue weighted by molar-refractivity contribution is -0.161. The second-order valence-electron chi connectivity index (χ2n) is 10.5. The third kappa shape index (κ3) is 6.87. The number of phenols is 1. The molecule has 0 aliphatic carbocycles. The van der Waals surface area contributed by atoms with Crippen molar-refractivity contribution in [1.29, 1.82) is 0 Å². The molecule has 3 amide bonds. The fourth-order valence-corrected chi connectivity index (χ4v) is 6.59. The number of aliphatic imine (C=N–C) groups is 1. The Morgan fingerprint density at radius 2 is 1.81 bits per heavy atom. The summed E-state index contributed by atoms with van der Waals surface area (Å²) in [6.07, 6.45) is -5.00. The van der Waals surface area contributed by atoms with E-state index < -0.39 is 70.1 Å². The van der Waals surface area contributed by atoms with Gasteiger partial charge < -0.3 is 31.1 Å².